The van der Waals surface area contributed by atoms with Crippen LogP contribution in [0.1, 0.15) is 62.4 Å². The molecule has 3 atom stereocenters. The highest BCUT2D eigenvalue weighted by Crippen LogP contribution is 2.50. The second-order valence-electron chi connectivity index (χ2n) is 13.2. The minimum Gasteiger partial charge on any atom is -0.507 e. The lowest BCUT2D eigenvalue weighted by molar-refractivity contribution is -0.131. The van der Waals surface area contributed by atoms with E-state index in [9.17, 15) is 18.7 Å². The van der Waals surface area contributed by atoms with Crippen molar-refractivity contribution in [3.8, 4) is 11.5 Å². The van der Waals surface area contributed by atoms with E-state index in [0.717, 1.165) is 11.1 Å². The van der Waals surface area contributed by atoms with Crippen LogP contribution in [0.25, 0.3) is 0 Å². The van der Waals surface area contributed by atoms with Gasteiger partial charge in [0, 0.05) is 17.3 Å². The Bertz CT molecular complexity index is 1600. The Labute approximate surface area is 265 Å². The average Bonchev–Trinajstić information content (AvgIpc) is 3.00. The first-order chi connectivity index (χ1) is 21.3. The van der Waals surface area contributed by atoms with Gasteiger partial charge in [-0.25, -0.2) is 8.78 Å². The molecule has 1 saturated heterocycles. The number of phenolic OH excluding ortho intramolecular Hbond substituents is 1. The molecule has 236 valence electrons. The summed E-state index contributed by atoms with van der Waals surface area (Å²) < 4.78 is 40.4. The number of halogens is 2. The molecule has 4 aromatic rings. The molecule has 5 nitrogen and oxygen atoms in total. The average molecular weight is 630 g/mol. The molecule has 5 rings (SSSR count). The quantitative estimate of drug-likeness (QED) is 0.133. The molecule has 0 bridgehead atoms. The zero-order valence-corrected chi connectivity index (χ0v) is 27.5. The highest BCUT2D eigenvalue weighted by molar-refractivity contribution is 6.74. The fourth-order valence-corrected chi connectivity index (χ4v) is 6.83. The molecule has 1 unspecified atom stereocenters. The number of rotatable bonds is 11. The summed E-state index contributed by atoms with van der Waals surface area (Å²) in [6.45, 7) is 11.2. The Morgan fingerprint density at radius 1 is 0.889 bits per heavy atom. The Morgan fingerprint density at radius 3 is 2.11 bits per heavy atom. The molecule has 0 radical (unpaired) electrons. The third-order valence-corrected chi connectivity index (χ3v) is 13.6. The van der Waals surface area contributed by atoms with Crippen molar-refractivity contribution >= 4 is 19.9 Å². The lowest BCUT2D eigenvalue weighted by Crippen LogP contribution is -2.55. The van der Waals surface area contributed by atoms with E-state index in [4.69, 9.17) is 9.16 Å². The summed E-state index contributed by atoms with van der Waals surface area (Å²) in [6, 6.07) is 26.6. The smallest absolute Gasteiger partial charge is 0.233 e. The van der Waals surface area contributed by atoms with Crippen LogP contribution in [-0.4, -0.2) is 19.3 Å². The van der Waals surface area contributed by atoms with Crippen molar-refractivity contribution in [2.75, 3.05) is 4.90 Å². The topological polar surface area (TPSA) is 59.0 Å². The number of carbonyl (C=O) groups is 1. The third-order valence-electron chi connectivity index (χ3n) is 9.11. The fraction of sp³-hybridized carbons (Fsp3) is 0.324. The molecule has 1 heterocycles. The molecule has 0 saturated carbocycles. The molecule has 1 amide bonds. The van der Waals surface area contributed by atoms with Gasteiger partial charge in [0.25, 0.3) is 0 Å². The molecule has 4 aromatic carbocycles. The Kier molecular flexibility index (Phi) is 9.46. The zero-order chi connectivity index (χ0) is 32.4. The van der Waals surface area contributed by atoms with E-state index in [2.05, 4.69) is 33.9 Å². The minimum atomic E-state index is -2.22. The van der Waals surface area contributed by atoms with Crippen LogP contribution in [0.3, 0.4) is 0 Å². The van der Waals surface area contributed by atoms with Gasteiger partial charge in [-0.1, -0.05) is 63.2 Å². The van der Waals surface area contributed by atoms with Crippen LogP contribution in [0.2, 0.25) is 18.1 Å². The second kappa shape index (κ2) is 13.1. The maximum absolute atomic E-state index is 13.8. The predicted octanol–water partition coefficient (Wildman–Crippen LogP) is 9.50. The Balaban J connectivity index is 1.41. The summed E-state index contributed by atoms with van der Waals surface area (Å²) in [7, 11) is -2.22. The summed E-state index contributed by atoms with van der Waals surface area (Å²) in [5, 5.41) is 11.2. The molecule has 1 fully saturated rings. The van der Waals surface area contributed by atoms with Crippen LogP contribution in [0.15, 0.2) is 97.1 Å². The van der Waals surface area contributed by atoms with Gasteiger partial charge in [0.15, 0.2) is 8.32 Å². The molecule has 1 N–H and O–H groups in total. The van der Waals surface area contributed by atoms with E-state index >= 15 is 0 Å². The van der Waals surface area contributed by atoms with Crippen molar-refractivity contribution in [1.29, 1.82) is 0 Å². The van der Waals surface area contributed by atoms with E-state index < -0.39 is 26.1 Å². The van der Waals surface area contributed by atoms with Gasteiger partial charge in [0.05, 0.1) is 18.1 Å². The molecular weight excluding hydrogens is 588 g/mol. The number of carbonyl (C=O) groups excluding carboxylic acids is 1. The van der Waals surface area contributed by atoms with Gasteiger partial charge < -0.3 is 19.2 Å². The van der Waals surface area contributed by atoms with Crippen LogP contribution in [0.4, 0.5) is 14.5 Å². The lowest BCUT2D eigenvalue weighted by Gasteiger charge is -2.48. The van der Waals surface area contributed by atoms with Crippen LogP contribution >= 0.6 is 0 Å². The number of ether oxygens (including phenoxy) is 1. The van der Waals surface area contributed by atoms with Gasteiger partial charge in [0.2, 0.25) is 5.91 Å². The number of β-lactam (4-membered cyclic amide) rings is 1. The van der Waals surface area contributed by atoms with E-state index in [0.29, 0.717) is 36.4 Å². The van der Waals surface area contributed by atoms with Gasteiger partial charge >= 0.3 is 0 Å². The van der Waals surface area contributed by atoms with Gasteiger partial charge in [-0.15, -0.1) is 0 Å². The maximum atomic E-state index is 13.8. The largest absolute Gasteiger partial charge is 0.507 e. The summed E-state index contributed by atoms with van der Waals surface area (Å²) in [4.78, 5) is 15.4. The molecule has 1 aliphatic heterocycles. The van der Waals surface area contributed by atoms with Crippen LogP contribution in [0.5, 0.6) is 11.5 Å². The Morgan fingerprint density at radius 2 is 1.51 bits per heavy atom. The molecule has 0 spiro atoms. The molecule has 0 aromatic heterocycles. The first-order valence-electron chi connectivity index (χ1n) is 15.4. The van der Waals surface area contributed by atoms with Gasteiger partial charge in [-0.2, -0.15) is 0 Å². The Hall–Kier alpha value is -4.01. The van der Waals surface area contributed by atoms with Crippen LogP contribution in [-0.2, 0) is 15.8 Å². The van der Waals surface area contributed by atoms with Gasteiger partial charge in [0.1, 0.15) is 29.7 Å². The van der Waals surface area contributed by atoms with E-state index in [1.807, 2.05) is 30.3 Å². The van der Waals surface area contributed by atoms with E-state index in [1.54, 1.807) is 47.4 Å². The second-order valence-corrected chi connectivity index (χ2v) is 18.0. The summed E-state index contributed by atoms with van der Waals surface area (Å²) in [6.07, 6.45) is 0.674. The van der Waals surface area contributed by atoms with Crippen LogP contribution < -0.4 is 9.64 Å². The third kappa shape index (κ3) is 7.29. The summed E-state index contributed by atoms with van der Waals surface area (Å²) in [5.74, 6) is -0.755. The van der Waals surface area contributed by atoms with Crippen molar-refractivity contribution in [2.24, 2.45) is 5.92 Å². The van der Waals surface area contributed by atoms with Crippen molar-refractivity contribution in [1.82, 2.24) is 0 Å². The van der Waals surface area contributed by atoms with E-state index in [-0.39, 0.29) is 28.6 Å². The number of benzene rings is 4. The number of anilines is 1. The van der Waals surface area contributed by atoms with Crippen molar-refractivity contribution in [3.05, 3.63) is 125 Å². The maximum Gasteiger partial charge on any atom is 0.233 e. The molecular formula is C37H41F2NO4Si. The van der Waals surface area contributed by atoms with E-state index in [1.165, 1.54) is 24.3 Å². The molecule has 0 aliphatic carbocycles. The number of amides is 1. The molecule has 8 heteroatoms. The normalized spacial score (nSPS) is 17.6. The lowest BCUT2D eigenvalue weighted by atomic mass is 9.78. The van der Waals surface area contributed by atoms with Crippen LogP contribution in [0, 0.1) is 17.6 Å². The number of nitrogens with zero attached hydrogens (tertiary/aromatic N) is 1. The summed E-state index contributed by atoms with van der Waals surface area (Å²) in [5.41, 5.74) is 3.00. The number of hydrogen-bond acceptors (Lipinski definition) is 4. The fourth-order valence-electron chi connectivity index (χ4n) is 5.51. The van der Waals surface area contributed by atoms with Crippen molar-refractivity contribution < 1.29 is 27.8 Å². The first kappa shape index (κ1) is 32.4. The molecule has 1 aliphatic rings. The van der Waals surface area contributed by atoms with Crippen molar-refractivity contribution in [2.45, 2.75) is 70.5 Å². The van der Waals surface area contributed by atoms with Gasteiger partial charge in [-0.3, -0.25) is 4.79 Å². The first-order valence-corrected chi connectivity index (χ1v) is 18.3. The monoisotopic (exact) mass is 629 g/mol. The molecule has 45 heavy (non-hydrogen) atoms. The SMILES string of the molecule is CC(C)(C)[Si](C)(C)O[C@@H](CCC1C(=O)N(c2ccc(F)cc2)[C@@H]1c1ccc(OCc2ccccc2)cc1O)c1ccc(F)cc1. The number of hydrogen-bond donors (Lipinski definition) is 1. The predicted molar refractivity (Wildman–Crippen MR) is 176 cm³/mol. The highest BCUT2D eigenvalue weighted by Gasteiger charge is 2.50. The highest BCUT2D eigenvalue weighted by atomic mass is 28.4. The standard InChI is InChI=1S/C37H41F2NO4Si/c1-37(2,3)45(4,5)44-34(26-11-13-27(38)14-12-26)22-21-32-35(40(36(32)42)29-17-15-28(39)16-18-29)31-20-19-30(23-33(31)41)43-24-25-9-7-6-8-10-25/h6-20,23,32,34-35,41H,21-22,24H2,1-5H3/t32?,34-,35+/m0/s1. The minimum absolute atomic E-state index is 0.0165. The summed E-state index contributed by atoms with van der Waals surface area (Å²) >= 11 is 0. The zero-order valence-electron chi connectivity index (χ0n) is 26.5. The van der Waals surface area contributed by atoms with Crippen molar-refractivity contribution in [3.63, 3.8) is 0 Å². The number of phenols is 1. The number of aromatic hydroxyl groups is 1. The van der Waals surface area contributed by atoms with Gasteiger partial charge in [-0.05, 0) is 90.6 Å².